The van der Waals surface area contributed by atoms with Gasteiger partial charge in [-0.3, -0.25) is 14.9 Å². The van der Waals surface area contributed by atoms with Gasteiger partial charge in [0, 0.05) is 30.7 Å². The van der Waals surface area contributed by atoms with Crippen LogP contribution < -0.4 is 5.32 Å². The Balaban J connectivity index is 2.52. The lowest BCUT2D eigenvalue weighted by molar-refractivity contribution is -0.384. The van der Waals surface area contributed by atoms with Crippen LogP contribution in [-0.4, -0.2) is 21.0 Å². The number of nitro groups is 1. The molecular formula is C15H14N2O5. The van der Waals surface area contributed by atoms with Crippen LogP contribution in [0.15, 0.2) is 42.5 Å². The average molecular weight is 302 g/mol. The summed E-state index contributed by atoms with van der Waals surface area (Å²) in [7, 11) is 0. The zero-order valence-electron chi connectivity index (χ0n) is 11.7. The molecule has 0 aromatic heterocycles. The van der Waals surface area contributed by atoms with Crippen LogP contribution in [0.5, 0.6) is 11.5 Å². The Labute approximate surface area is 126 Å². The van der Waals surface area contributed by atoms with Gasteiger partial charge in [-0.2, -0.15) is 0 Å². The predicted octanol–water partition coefficient (Wildman–Crippen LogP) is 2.23. The monoisotopic (exact) mass is 302 g/mol. The van der Waals surface area contributed by atoms with Gasteiger partial charge < -0.3 is 15.5 Å². The minimum absolute atomic E-state index is 0.119. The normalized spacial score (nSPS) is 11.7. The molecule has 7 heteroatoms. The number of hydrogen-bond acceptors (Lipinski definition) is 5. The standard InChI is InChI=1S/C15H14N2O5/c1-9(18)16-15(13-6-5-12(19)8-14(13)20)10-3-2-4-11(7-10)17(21)22/h2-8,15,19-20H,1H3,(H,16,18). The summed E-state index contributed by atoms with van der Waals surface area (Å²) >= 11 is 0. The molecule has 3 N–H and O–H groups in total. The number of nitro benzene ring substituents is 1. The van der Waals surface area contributed by atoms with Gasteiger partial charge in [-0.1, -0.05) is 12.1 Å². The summed E-state index contributed by atoms with van der Waals surface area (Å²) in [6.07, 6.45) is 0. The number of amides is 1. The molecule has 0 aliphatic rings. The Morgan fingerprint density at radius 2 is 1.95 bits per heavy atom. The number of carbonyl (C=O) groups excluding carboxylic acids is 1. The van der Waals surface area contributed by atoms with Gasteiger partial charge in [0.15, 0.2) is 0 Å². The highest BCUT2D eigenvalue weighted by Crippen LogP contribution is 2.33. The Kier molecular flexibility index (Phi) is 4.26. The van der Waals surface area contributed by atoms with E-state index in [2.05, 4.69) is 5.32 Å². The summed E-state index contributed by atoms with van der Waals surface area (Å²) in [5, 5.41) is 32.8. The fourth-order valence-electron chi connectivity index (χ4n) is 2.14. The molecule has 0 heterocycles. The lowest BCUT2D eigenvalue weighted by Crippen LogP contribution is -2.27. The van der Waals surface area contributed by atoms with Gasteiger partial charge in [0.1, 0.15) is 11.5 Å². The fourth-order valence-corrected chi connectivity index (χ4v) is 2.14. The molecule has 22 heavy (non-hydrogen) atoms. The summed E-state index contributed by atoms with van der Waals surface area (Å²) < 4.78 is 0. The van der Waals surface area contributed by atoms with E-state index in [0.29, 0.717) is 11.1 Å². The van der Waals surface area contributed by atoms with Crippen LogP contribution in [0.3, 0.4) is 0 Å². The number of benzene rings is 2. The molecule has 1 atom stereocenters. The summed E-state index contributed by atoms with van der Waals surface area (Å²) in [5.41, 5.74) is 0.657. The van der Waals surface area contributed by atoms with E-state index in [4.69, 9.17) is 0 Å². The molecule has 0 saturated heterocycles. The molecule has 0 spiro atoms. The van der Waals surface area contributed by atoms with Gasteiger partial charge in [0.05, 0.1) is 11.0 Å². The minimum atomic E-state index is -0.766. The molecule has 0 radical (unpaired) electrons. The van der Waals surface area contributed by atoms with Crippen LogP contribution in [0, 0.1) is 10.1 Å². The summed E-state index contributed by atoms with van der Waals surface area (Å²) in [6, 6.07) is 8.96. The third-order valence-corrected chi connectivity index (χ3v) is 3.09. The van der Waals surface area contributed by atoms with Gasteiger partial charge >= 0.3 is 0 Å². The number of carbonyl (C=O) groups is 1. The number of nitrogens with one attached hydrogen (secondary N) is 1. The Morgan fingerprint density at radius 1 is 1.23 bits per heavy atom. The maximum absolute atomic E-state index is 11.4. The van der Waals surface area contributed by atoms with Gasteiger partial charge in [-0.05, 0) is 17.7 Å². The van der Waals surface area contributed by atoms with E-state index in [0.717, 1.165) is 6.07 Å². The van der Waals surface area contributed by atoms with Crippen LogP contribution in [0.1, 0.15) is 24.1 Å². The molecule has 0 aliphatic carbocycles. The largest absolute Gasteiger partial charge is 0.508 e. The first-order valence-corrected chi connectivity index (χ1v) is 6.42. The number of hydrogen-bond donors (Lipinski definition) is 3. The van der Waals surface area contributed by atoms with Crippen molar-refractivity contribution in [2.75, 3.05) is 0 Å². The lowest BCUT2D eigenvalue weighted by Gasteiger charge is -2.20. The number of phenolic OH excluding ortho intramolecular Hbond substituents is 2. The summed E-state index contributed by atoms with van der Waals surface area (Å²) in [4.78, 5) is 21.8. The summed E-state index contributed by atoms with van der Waals surface area (Å²) in [6.45, 7) is 1.31. The quantitative estimate of drug-likeness (QED) is 0.592. The third kappa shape index (κ3) is 3.32. The lowest BCUT2D eigenvalue weighted by atomic mass is 9.97. The van der Waals surface area contributed by atoms with E-state index < -0.39 is 11.0 Å². The van der Waals surface area contributed by atoms with E-state index in [1.807, 2.05) is 0 Å². The third-order valence-electron chi connectivity index (χ3n) is 3.09. The van der Waals surface area contributed by atoms with Crippen molar-refractivity contribution in [1.82, 2.24) is 5.32 Å². The van der Waals surface area contributed by atoms with Crippen molar-refractivity contribution in [2.45, 2.75) is 13.0 Å². The van der Waals surface area contributed by atoms with E-state index in [9.17, 15) is 25.1 Å². The van der Waals surface area contributed by atoms with Gasteiger partial charge in [0.2, 0.25) is 5.91 Å². The number of rotatable bonds is 4. The van der Waals surface area contributed by atoms with Crippen LogP contribution in [0.4, 0.5) is 5.69 Å². The highest BCUT2D eigenvalue weighted by Gasteiger charge is 2.21. The van der Waals surface area contributed by atoms with Gasteiger partial charge in [0.25, 0.3) is 5.69 Å². The number of nitrogens with zero attached hydrogens (tertiary/aromatic N) is 1. The predicted molar refractivity (Wildman–Crippen MR) is 78.5 cm³/mol. The molecule has 0 fully saturated rings. The topological polar surface area (TPSA) is 113 Å². The molecule has 2 rings (SSSR count). The van der Waals surface area contributed by atoms with E-state index in [1.165, 1.54) is 37.3 Å². The van der Waals surface area contributed by atoms with E-state index >= 15 is 0 Å². The second kappa shape index (κ2) is 6.13. The molecule has 0 aliphatic heterocycles. The first-order chi connectivity index (χ1) is 10.4. The molecule has 1 amide bonds. The second-order valence-corrected chi connectivity index (χ2v) is 4.73. The van der Waals surface area contributed by atoms with Crippen molar-refractivity contribution in [3.8, 4) is 11.5 Å². The van der Waals surface area contributed by atoms with Crippen molar-refractivity contribution in [3.63, 3.8) is 0 Å². The minimum Gasteiger partial charge on any atom is -0.508 e. The maximum Gasteiger partial charge on any atom is 0.269 e. The van der Waals surface area contributed by atoms with Crippen molar-refractivity contribution < 1.29 is 19.9 Å². The maximum atomic E-state index is 11.4. The van der Waals surface area contributed by atoms with E-state index in [1.54, 1.807) is 6.07 Å². The van der Waals surface area contributed by atoms with Crippen molar-refractivity contribution in [1.29, 1.82) is 0 Å². The van der Waals surface area contributed by atoms with Crippen molar-refractivity contribution >= 4 is 11.6 Å². The highest BCUT2D eigenvalue weighted by atomic mass is 16.6. The van der Waals surface area contributed by atoms with Crippen LogP contribution in [-0.2, 0) is 4.79 Å². The van der Waals surface area contributed by atoms with Crippen LogP contribution in [0.25, 0.3) is 0 Å². The highest BCUT2D eigenvalue weighted by molar-refractivity contribution is 5.74. The number of non-ortho nitro benzene ring substituents is 1. The Morgan fingerprint density at radius 3 is 2.55 bits per heavy atom. The SMILES string of the molecule is CC(=O)NC(c1cccc([N+](=O)[O-])c1)c1ccc(O)cc1O. The molecule has 2 aromatic rings. The second-order valence-electron chi connectivity index (χ2n) is 4.73. The van der Waals surface area contributed by atoms with E-state index in [-0.39, 0.29) is 23.1 Å². The fraction of sp³-hybridized carbons (Fsp3) is 0.133. The first kappa shape index (κ1) is 15.3. The molecule has 114 valence electrons. The average Bonchev–Trinajstić information content (AvgIpc) is 2.45. The Hall–Kier alpha value is -3.09. The smallest absolute Gasteiger partial charge is 0.269 e. The molecule has 7 nitrogen and oxygen atoms in total. The number of phenols is 2. The van der Waals surface area contributed by atoms with Crippen molar-refractivity contribution in [2.24, 2.45) is 0 Å². The van der Waals surface area contributed by atoms with Crippen LogP contribution in [0.2, 0.25) is 0 Å². The number of aromatic hydroxyl groups is 2. The van der Waals surface area contributed by atoms with Gasteiger partial charge in [-0.25, -0.2) is 0 Å². The zero-order chi connectivity index (χ0) is 16.3. The molecule has 2 aromatic carbocycles. The Bertz CT molecular complexity index is 730. The van der Waals surface area contributed by atoms with Gasteiger partial charge in [-0.15, -0.1) is 0 Å². The summed E-state index contributed by atoms with van der Waals surface area (Å²) in [5.74, 6) is -0.698. The molecule has 0 bridgehead atoms. The van der Waals surface area contributed by atoms with Crippen LogP contribution >= 0.6 is 0 Å². The molecule has 0 saturated carbocycles. The zero-order valence-corrected chi connectivity index (χ0v) is 11.7. The molecular weight excluding hydrogens is 288 g/mol. The van der Waals surface area contributed by atoms with Crippen molar-refractivity contribution in [3.05, 3.63) is 63.7 Å². The first-order valence-electron chi connectivity index (χ1n) is 6.42. The molecule has 1 unspecified atom stereocenters.